The van der Waals surface area contributed by atoms with E-state index in [-0.39, 0.29) is 11.4 Å². The minimum absolute atomic E-state index is 0.183. The lowest BCUT2D eigenvalue weighted by molar-refractivity contribution is -0.0166. The number of piperazine rings is 1. The summed E-state index contributed by atoms with van der Waals surface area (Å²) < 4.78 is 18.9. The Labute approximate surface area is 173 Å². The lowest BCUT2D eigenvalue weighted by Gasteiger charge is -2.45. The molecule has 1 N–H and O–H groups in total. The van der Waals surface area contributed by atoms with Crippen molar-refractivity contribution in [1.29, 1.82) is 0 Å². The Morgan fingerprint density at radius 3 is 2.31 bits per heavy atom. The molecule has 1 aromatic rings. The molecule has 0 radical (unpaired) electrons. The van der Waals surface area contributed by atoms with Crippen molar-refractivity contribution in [3.8, 4) is 0 Å². The number of rotatable bonds is 4. The summed E-state index contributed by atoms with van der Waals surface area (Å²) in [5.41, 5.74) is 1.28. The number of ether oxygens (including phenoxy) is 1. The topological polar surface area (TPSA) is 43.3 Å². The molecule has 3 aliphatic rings. The lowest BCUT2D eigenvalue weighted by atomic mass is 9.88. The van der Waals surface area contributed by atoms with Crippen molar-refractivity contribution < 1.29 is 9.13 Å². The van der Waals surface area contributed by atoms with E-state index in [1.54, 1.807) is 0 Å². The molecule has 0 atom stereocenters. The van der Waals surface area contributed by atoms with E-state index in [0.717, 1.165) is 70.4 Å². The molecule has 1 aromatic carbocycles. The second-order valence-corrected chi connectivity index (χ2v) is 8.38. The Morgan fingerprint density at radius 1 is 1.03 bits per heavy atom. The van der Waals surface area contributed by atoms with Gasteiger partial charge in [-0.1, -0.05) is 0 Å². The van der Waals surface area contributed by atoms with Crippen LogP contribution >= 0.6 is 0 Å². The molecule has 3 heterocycles. The molecular weight excluding hydrogens is 369 g/mol. The fourth-order valence-electron chi connectivity index (χ4n) is 4.95. The maximum absolute atomic E-state index is 13.2. The van der Waals surface area contributed by atoms with Crippen molar-refractivity contribution >= 4 is 11.6 Å². The summed E-state index contributed by atoms with van der Waals surface area (Å²) in [7, 11) is 1.88. The summed E-state index contributed by atoms with van der Waals surface area (Å²) in [5.74, 6) is 0.811. The van der Waals surface area contributed by atoms with E-state index in [1.807, 2.05) is 19.2 Å². The number of likely N-dealkylation sites (tertiary alicyclic amines) is 1. The SMILES string of the molecule is CN=C(NCC1(N2CCCC2)CCOCC1)N1CCN(c2ccc(F)cc2)CC1. The molecule has 29 heavy (non-hydrogen) atoms. The molecule has 4 rings (SSSR count). The number of nitrogens with one attached hydrogen (secondary N) is 1. The van der Waals surface area contributed by atoms with E-state index < -0.39 is 0 Å². The molecular formula is C22H34FN5O. The molecule has 0 spiro atoms. The van der Waals surface area contributed by atoms with Crippen molar-refractivity contribution in [1.82, 2.24) is 15.1 Å². The maximum atomic E-state index is 13.2. The van der Waals surface area contributed by atoms with Crippen LogP contribution in [0, 0.1) is 5.82 Å². The van der Waals surface area contributed by atoms with E-state index in [9.17, 15) is 4.39 Å². The smallest absolute Gasteiger partial charge is 0.193 e. The first kappa shape index (κ1) is 20.4. The molecule has 0 saturated carbocycles. The van der Waals surface area contributed by atoms with Gasteiger partial charge in [-0.3, -0.25) is 9.89 Å². The van der Waals surface area contributed by atoms with E-state index in [4.69, 9.17) is 4.74 Å². The molecule has 0 aromatic heterocycles. The summed E-state index contributed by atoms with van der Waals surface area (Å²) in [6, 6.07) is 6.80. The van der Waals surface area contributed by atoms with Crippen molar-refractivity contribution in [3.63, 3.8) is 0 Å². The first-order valence-electron chi connectivity index (χ1n) is 11.0. The van der Waals surface area contributed by atoms with Gasteiger partial charge in [0.15, 0.2) is 5.96 Å². The summed E-state index contributed by atoms with van der Waals surface area (Å²) >= 11 is 0. The van der Waals surface area contributed by atoms with Crippen LogP contribution in [0.2, 0.25) is 0 Å². The van der Waals surface area contributed by atoms with Gasteiger partial charge in [0.25, 0.3) is 0 Å². The van der Waals surface area contributed by atoms with Gasteiger partial charge in [-0.25, -0.2) is 4.39 Å². The number of benzene rings is 1. The van der Waals surface area contributed by atoms with Crippen molar-refractivity contribution in [2.75, 3.05) is 71.0 Å². The Hall–Kier alpha value is -1.86. The van der Waals surface area contributed by atoms with Gasteiger partial charge < -0.3 is 19.9 Å². The van der Waals surface area contributed by atoms with Gasteiger partial charge in [0.1, 0.15) is 5.82 Å². The van der Waals surface area contributed by atoms with Gasteiger partial charge in [0.2, 0.25) is 0 Å². The lowest BCUT2D eigenvalue weighted by Crippen LogP contribution is -2.60. The maximum Gasteiger partial charge on any atom is 0.193 e. The van der Waals surface area contributed by atoms with Crippen LogP contribution < -0.4 is 10.2 Å². The van der Waals surface area contributed by atoms with Gasteiger partial charge >= 0.3 is 0 Å². The molecule has 0 amide bonds. The van der Waals surface area contributed by atoms with E-state index in [2.05, 4.69) is 25.0 Å². The van der Waals surface area contributed by atoms with E-state index in [0.29, 0.717) is 0 Å². The predicted molar refractivity (Wildman–Crippen MR) is 115 cm³/mol. The van der Waals surface area contributed by atoms with Gasteiger partial charge in [-0.05, 0) is 63.0 Å². The Kier molecular flexibility index (Phi) is 6.55. The first-order valence-corrected chi connectivity index (χ1v) is 11.0. The van der Waals surface area contributed by atoms with Gasteiger partial charge in [0.05, 0.1) is 0 Å². The van der Waals surface area contributed by atoms with E-state index in [1.165, 1.54) is 38.1 Å². The summed E-state index contributed by atoms with van der Waals surface area (Å²) in [6.07, 6.45) is 4.80. The minimum Gasteiger partial charge on any atom is -0.381 e. The highest BCUT2D eigenvalue weighted by molar-refractivity contribution is 5.80. The molecule has 3 aliphatic heterocycles. The predicted octanol–water partition coefficient (Wildman–Crippen LogP) is 2.17. The second kappa shape index (κ2) is 9.30. The normalized spacial score (nSPS) is 23.4. The molecule has 0 unspecified atom stereocenters. The Balaban J connectivity index is 1.34. The van der Waals surface area contributed by atoms with Crippen molar-refractivity contribution in [2.45, 2.75) is 31.2 Å². The Bertz CT molecular complexity index is 675. The van der Waals surface area contributed by atoms with Gasteiger partial charge in [-0.2, -0.15) is 0 Å². The molecule has 160 valence electrons. The summed E-state index contributed by atoms with van der Waals surface area (Å²) in [5, 5.41) is 3.70. The fraction of sp³-hybridized carbons (Fsp3) is 0.682. The van der Waals surface area contributed by atoms with Crippen molar-refractivity contribution in [2.24, 2.45) is 4.99 Å². The highest BCUT2D eigenvalue weighted by atomic mass is 19.1. The summed E-state index contributed by atoms with van der Waals surface area (Å²) in [6.45, 7) is 8.71. The van der Waals surface area contributed by atoms with Crippen LogP contribution in [-0.2, 0) is 4.74 Å². The zero-order valence-electron chi connectivity index (χ0n) is 17.6. The fourth-order valence-corrected chi connectivity index (χ4v) is 4.95. The number of anilines is 1. The monoisotopic (exact) mass is 403 g/mol. The van der Waals surface area contributed by atoms with Crippen LogP contribution in [0.25, 0.3) is 0 Å². The van der Waals surface area contributed by atoms with Crippen LogP contribution in [-0.4, -0.2) is 87.4 Å². The average molecular weight is 404 g/mol. The third-order valence-electron chi connectivity index (χ3n) is 6.76. The number of nitrogens with zero attached hydrogens (tertiary/aromatic N) is 4. The standard InChI is InChI=1S/C22H34FN5O/c1-24-21(25-18-22(8-16-29-17-9-22)28-10-2-3-11-28)27-14-12-26(13-15-27)20-6-4-19(23)5-7-20/h4-7H,2-3,8-18H2,1H3,(H,24,25). The zero-order valence-corrected chi connectivity index (χ0v) is 17.6. The number of halogens is 1. The number of hydrogen-bond acceptors (Lipinski definition) is 4. The number of aliphatic imine (C=N–C) groups is 1. The largest absolute Gasteiger partial charge is 0.381 e. The highest BCUT2D eigenvalue weighted by Gasteiger charge is 2.40. The molecule has 3 saturated heterocycles. The first-order chi connectivity index (χ1) is 14.2. The third kappa shape index (κ3) is 4.67. The second-order valence-electron chi connectivity index (χ2n) is 8.38. The minimum atomic E-state index is -0.183. The zero-order chi connectivity index (χ0) is 20.1. The van der Waals surface area contributed by atoms with Crippen LogP contribution in [0.5, 0.6) is 0 Å². The molecule has 7 heteroatoms. The quantitative estimate of drug-likeness (QED) is 0.617. The highest BCUT2D eigenvalue weighted by Crippen LogP contribution is 2.30. The molecule has 6 nitrogen and oxygen atoms in total. The van der Waals surface area contributed by atoms with Crippen LogP contribution in [0.4, 0.5) is 10.1 Å². The van der Waals surface area contributed by atoms with E-state index >= 15 is 0 Å². The molecule has 3 fully saturated rings. The third-order valence-corrected chi connectivity index (χ3v) is 6.76. The number of guanidine groups is 1. The molecule has 0 bridgehead atoms. The van der Waals surface area contributed by atoms with Crippen LogP contribution in [0.1, 0.15) is 25.7 Å². The summed E-state index contributed by atoms with van der Waals surface area (Å²) in [4.78, 5) is 11.9. The van der Waals surface area contributed by atoms with Crippen LogP contribution in [0.3, 0.4) is 0 Å². The average Bonchev–Trinajstić information content (AvgIpc) is 3.32. The molecule has 0 aliphatic carbocycles. The van der Waals surface area contributed by atoms with Gasteiger partial charge in [-0.15, -0.1) is 0 Å². The van der Waals surface area contributed by atoms with Gasteiger partial charge in [0, 0.05) is 64.2 Å². The van der Waals surface area contributed by atoms with Crippen molar-refractivity contribution in [3.05, 3.63) is 30.1 Å². The Morgan fingerprint density at radius 2 is 1.69 bits per heavy atom. The van der Waals surface area contributed by atoms with Crippen LogP contribution in [0.15, 0.2) is 29.3 Å². The number of hydrogen-bond donors (Lipinski definition) is 1.